The molecule has 70 valence electrons. The summed E-state index contributed by atoms with van der Waals surface area (Å²) in [6.45, 7) is 0.548. The molecule has 0 saturated carbocycles. The van der Waals surface area contributed by atoms with Gasteiger partial charge in [-0.25, -0.2) is 8.78 Å². The summed E-state index contributed by atoms with van der Waals surface area (Å²) in [5, 5.41) is 0. The van der Waals surface area contributed by atoms with E-state index in [1.165, 1.54) is 6.26 Å². The molecule has 0 atom stereocenters. The fraction of sp³-hybridized carbons (Fsp3) is 0.750. The first-order chi connectivity index (χ1) is 5.67. The Bertz CT molecular complexity index is 180. The number of alkyl halides is 2. The van der Waals surface area contributed by atoms with E-state index in [1.807, 2.05) is 0 Å². The van der Waals surface area contributed by atoms with E-state index < -0.39 is 5.92 Å². The van der Waals surface area contributed by atoms with Gasteiger partial charge in [-0.1, -0.05) is 0 Å². The first kappa shape index (κ1) is 9.45. The van der Waals surface area contributed by atoms with E-state index in [2.05, 4.69) is 0 Å². The van der Waals surface area contributed by atoms with Gasteiger partial charge >= 0.3 is 0 Å². The fourth-order valence-corrected chi connectivity index (χ4v) is 1.18. The lowest BCUT2D eigenvalue weighted by molar-refractivity contribution is 0.0215. The van der Waals surface area contributed by atoms with E-state index in [4.69, 9.17) is 10.5 Å². The van der Waals surface area contributed by atoms with Crippen LogP contribution < -0.4 is 5.73 Å². The Morgan fingerprint density at radius 1 is 1.58 bits per heavy atom. The van der Waals surface area contributed by atoms with Crippen LogP contribution in [0.25, 0.3) is 0 Å². The minimum absolute atomic E-state index is 0.00431. The SMILES string of the molecule is NCCC(F)(F)C1=COCCC1. The second-order valence-corrected chi connectivity index (χ2v) is 2.86. The highest BCUT2D eigenvalue weighted by molar-refractivity contribution is 5.11. The van der Waals surface area contributed by atoms with Crippen molar-refractivity contribution in [3.8, 4) is 0 Å². The van der Waals surface area contributed by atoms with Crippen LogP contribution in [0.2, 0.25) is 0 Å². The second-order valence-electron chi connectivity index (χ2n) is 2.86. The minimum atomic E-state index is -2.77. The summed E-state index contributed by atoms with van der Waals surface area (Å²) in [7, 11) is 0. The van der Waals surface area contributed by atoms with Crippen molar-refractivity contribution < 1.29 is 13.5 Å². The lowest BCUT2D eigenvalue weighted by atomic mass is 10.0. The van der Waals surface area contributed by atoms with Gasteiger partial charge in [-0.05, 0) is 19.4 Å². The minimum Gasteiger partial charge on any atom is -0.501 e. The van der Waals surface area contributed by atoms with Crippen molar-refractivity contribution in [2.75, 3.05) is 13.2 Å². The van der Waals surface area contributed by atoms with E-state index in [-0.39, 0.29) is 18.5 Å². The molecule has 2 nitrogen and oxygen atoms in total. The first-order valence-electron chi connectivity index (χ1n) is 4.06. The van der Waals surface area contributed by atoms with Crippen LogP contribution in [0.5, 0.6) is 0 Å². The summed E-state index contributed by atoms with van der Waals surface area (Å²) in [5.74, 6) is -2.77. The first-order valence-corrected chi connectivity index (χ1v) is 4.06. The summed E-state index contributed by atoms with van der Waals surface area (Å²) in [6.07, 6.45) is 1.99. The number of halogens is 2. The van der Waals surface area contributed by atoms with Gasteiger partial charge in [0.05, 0.1) is 12.9 Å². The Kier molecular flexibility index (Phi) is 3.03. The van der Waals surface area contributed by atoms with E-state index >= 15 is 0 Å². The van der Waals surface area contributed by atoms with Gasteiger partial charge in [-0.15, -0.1) is 0 Å². The Balaban J connectivity index is 2.59. The molecule has 0 unspecified atom stereocenters. The van der Waals surface area contributed by atoms with Gasteiger partial charge in [0.1, 0.15) is 0 Å². The molecule has 1 aliphatic heterocycles. The van der Waals surface area contributed by atoms with E-state index in [1.54, 1.807) is 0 Å². The summed E-state index contributed by atoms with van der Waals surface area (Å²) < 4.78 is 31.0. The highest BCUT2D eigenvalue weighted by Crippen LogP contribution is 2.32. The predicted molar refractivity (Wildman–Crippen MR) is 41.9 cm³/mol. The predicted octanol–water partition coefficient (Wildman–Crippen LogP) is 1.66. The molecule has 4 heteroatoms. The molecule has 0 aromatic rings. The van der Waals surface area contributed by atoms with Crippen LogP contribution >= 0.6 is 0 Å². The van der Waals surface area contributed by atoms with Crippen LogP contribution in [0.1, 0.15) is 19.3 Å². The maximum absolute atomic E-state index is 13.1. The third-order valence-electron chi connectivity index (χ3n) is 1.86. The average molecular weight is 177 g/mol. The molecular formula is C8H13F2NO. The standard InChI is InChI=1S/C8H13F2NO/c9-8(10,3-4-11)7-2-1-5-12-6-7/h6H,1-5,11H2. The van der Waals surface area contributed by atoms with Gasteiger partial charge in [0.15, 0.2) is 0 Å². The number of hydrogen-bond donors (Lipinski definition) is 1. The van der Waals surface area contributed by atoms with Crippen LogP contribution in [0.3, 0.4) is 0 Å². The Labute approximate surface area is 70.4 Å². The van der Waals surface area contributed by atoms with E-state index in [9.17, 15) is 8.78 Å². The lowest BCUT2D eigenvalue weighted by Crippen LogP contribution is -2.25. The lowest BCUT2D eigenvalue weighted by Gasteiger charge is -2.21. The highest BCUT2D eigenvalue weighted by atomic mass is 19.3. The summed E-state index contributed by atoms with van der Waals surface area (Å²) in [4.78, 5) is 0. The topological polar surface area (TPSA) is 35.2 Å². The molecule has 12 heavy (non-hydrogen) atoms. The molecule has 0 radical (unpaired) electrons. The van der Waals surface area contributed by atoms with Crippen molar-refractivity contribution in [2.24, 2.45) is 5.73 Å². The van der Waals surface area contributed by atoms with Gasteiger partial charge in [-0.3, -0.25) is 0 Å². The maximum Gasteiger partial charge on any atom is 0.273 e. The molecule has 0 aromatic carbocycles. The largest absolute Gasteiger partial charge is 0.501 e. The average Bonchev–Trinajstić information content (AvgIpc) is 2.06. The van der Waals surface area contributed by atoms with Crippen LogP contribution in [-0.2, 0) is 4.74 Å². The number of nitrogens with two attached hydrogens (primary N) is 1. The van der Waals surface area contributed by atoms with Crippen molar-refractivity contribution in [1.29, 1.82) is 0 Å². The van der Waals surface area contributed by atoms with Gasteiger partial charge in [0.2, 0.25) is 0 Å². The van der Waals surface area contributed by atoms with E-state index in [0.29, 0.717) is 19.4 Å². The van der Waals surface area contributed by atoms with Crippen LogP contribution in [-0.4, -0.2) is 19.1 Å². The van der Waals surface area contributed by atoms with Crippen molar-refractivity contribution in [2.45, 2.75) is 25.2 Å². The summed E-state index contributed by atoms with van der Waals surface area (Å²) in [5.41, 5.74) is 5.16. The Hall–Kier alpha value is -0.640. The molecule has 0 fully saturated rings. The second kappa shape index (κ2) is 3.85. The van der Waals surface area contributed by atoms with Crippen molar-refractivity contribution >= 4 is 0 Å². The van der Waals surface area contributed by atoms with Gasteiger partial charge in [0.25, 0.3) is 5.92 Å². The molecular weight excluding hydrogens is 164 g/mol. The molecule has 0 amide bonds. The zero-order valence-corrected chi connectivity index (χ0v) is 6.85. The quantitative estimate of drug-likeness (QED) is 0.711. The number of allylic oxidation sites excluding steroid dienone is 1. The number of rotatable bonds is 3. The molecule has 1 aliphatic rings. The number of hydrogen-bond acceptors (Lipinski definition) is 2. The summed E-state index contributed by atoms with van der Waals surface area (Å²) in [6, 6.07) is 0. The van der Waals surface area contributed by atoms with Gasteiger partial charge in [0, 0.05) is 12.0 Å². The van der Waals surface area contributed by atoms with Crippen molar-refractivity contribution in [3.63, 3.8) is 0 Å². The Morgan fingerprint density at radius 2 is 2.33 bits per heavy atom. The molecule has 2 N–H and O–H groups in total. The monoisotopic (exact) mass is 177 g/mol. The van der Waals surface area contributed by atoms with Crippen LogP contribution in [0.15, 0.2) is 11.8 Å². The Morgan fingerprint density at radius 3 is 2.83 bits per heavy atom. The third-order valence-corrected chi connectivity index (χ3v) is 1.86. The molecule has 0 aliphatic carbocycles. The third kappa shape index (κ3) is 2.17. The van der Waals surface area contributed by atoms with Crippen LogP contribution in [0.4, 0.5) is 8.78 Å². The van der Waals surface area contributed by atoms with Gasteiger partial charge in [-0.2, -0.15) is 0 Å². The highest BCUT2D eigenvalue weighted by Gasteiger charge is 2.33. The zero-order chi connectivity index (χ0) is 9.03. The summed E-state index contributed by atoms with van der Waals surface area (Å²) >= 11 is 0. The fourth-order valence-electron chi connectivity index (χ4n) is 1.18. The molecule has 1 rings (SSSR count). The molecule has 1 heterocycles. The maximum atomic E-state index is 13.1. The normalized spacial score (nSPS) is 18.4. The zero-order valence-electron chi connectivity index (χ0n) is 6.85. The molecule has 0 aromatic heterocycles. The molecule has 0 bridgehead atoms. The van der Waals surface area contributed by atoms with Gasteiger partial charge < -0.3 is 10.5 Å². The number of ether oxygens (including phenoxy) is 1. The molecule has 0 spiro atoms. The van der Waals surface area contributed by atoms with Crippen molar-refractivity contribution in [3.05, 3.63) is 11.8 Å². The van der Waals surface area contributed by atoms with Crippen molar-refractivity contribution in [1.82, 2.24) is 0 Å². The smallest absolute Gasteiger partial charge is 0.273 e. The molecule has 0 saturated heterocycles. The van der Waals surface area contributed by atoms with E-state index in [0.717, 1.165) is 0 Å². The van der Waals surface area contributed by atoms with Crippen LogP contribution in [0, 0.1) is 0 Å².